The quantitative estimate of drug-likeness (QED) is 0.538. The standard InChI is InChI=1S/C25H36N4O/c1-6-27(7-2)16-17-28-22-10-8-9-11-23(22)29(24(28)26)18-19-30-21-14-12-20(13-15-21)25(3,4)5/h8-15,26H,6-7,16-19H2,1-5H3/p+1. The van der Waals surface area contributed by atoms with Gasteiger partial charge in [-0.25, -0.2) is 9.13 Å². The molecule has 2 N–H and O–H groups in total. The minimum absolute atomic E-state index is 0.149. The Labute approximate surface area is 181 Å². The first-order valence-electron chi connectivity index (χ1n) is 11.1. The predicted molar refractivity (Wildman–Crippen MR) is 125 cm³/mol. The summed E-state index contributed by atoms with van der Waals surface area (Å²) in [6.07, 6.45) is 0. The van der Waals surface area contributed by atoms with Gasteiger partial charge < -0.3 is 9.64 Å². The number of imidazole rings is 1. The summed E-state index contributed by atoms with van der Waals surface area (Å²) in [7, 11) is 0. The van der Waals surface area contributed by atoms with Gasteiger partial charge in [0.1, 0.15) is 29.9 Å². The molecular formula is C25H37N4O+. The van der Waals surface area contributed by atoms with Crippen LogP contribution in [-0.2, 0) is 18.5 Å². The van der Waals surface area contributed by atoms with Crippen LogP contribution in [0.5, 0.6) is 5.75 Å². The number of benzene rings is 2. The van der Waals surface area contributed by atoms with E-state index >= 15 is 0 Å². The Morgan fingerprint density at radius 2 is 1.67 bits per heavy atom. The molecule has 0 atom stereocenters. The molecule has 5 heteroatoms. The van der Waals surface area contributed by atoms with E-state index in [2.05, 4.69) is 97.2 Å². The predicted octanol–water partition coefficient (Wildman–Crippen LogP) is 4.23. The molecule has 0 saturated heterocycles. The highest BCUT2D eigenvalue weighted by atomic mass is 16.5. The number of hydrogen-bond acceptors (Lipinski definition) is 3. The Kier molecular flexibility index (Phi) is 7.03. The molecule has 0 radical (unpaired) electrons. The number of ether oxygens (including phenoxy) is 1. The van der Waals surface area contributed by atoms with Crippen LogP contribution in [0.4, 0.5) is 5.95 Å². The van der Waals surface area contributed by atoms with E-state index in [4.69, 9.17) is 10.5 Å². The van der Waals surface area contributed by atoms with E-state index in [1.54, 1.807) is 0 Å². The Bertz CT molecular complexity index is 950. The Hall–Kier alpha value is -2.53. The first-order chi connectivity index (χ1) is 14.3. The molecular weight excluding hydrogens is 372 g/mol. The molecule has 3 rings (SSSR count). The van der Waals surface area contributed by atoms with Crippen LogP contribution in [0, 0.1) is 0 Å². The summed E-state index contributed by atoms with van der Waals surface area (Å²) in [5.41, 5.74) is 10.4. The van der Waals surface area contributed by atoms with Crippen LogP contribution in [-0.4, -0.2) is 35.7 Å². The van der Waals surface area contributed by atoms with Crippen molar-refractivity contribution in [3.63, 3.8) is 0 Å². The molecule has 0 saturated carbocycles. The van der Waals surface area contributed by atoms with Gasteiger partial charge in [0.2, 0.25) is 0 Å². The van der Waals surface area contributed by atoms with Gasteiger partial charge in [-0.05, 0) is 48.3 Å². The van der Waals surface area contributed by atoms with Gasteiger partial charge >= 0.3 is 5.95 Å². The molecule has 0 spiro atoms. The van der Waals surface area contributed by atoms with E-state index in [1.807, 2.05) is 0 Å². The van der Waals surface area contributed by atoms with E-state index in [-0.39, 0.29) is 5.41 Å². The second-order valence-electron chi connectivity index (χ2n) is 8.80. The van der Waals surface area contributed by atoms with Gasteiger partial charge in [0.05, 0.1) is 6.54 Å². The number of para-hydroxylation sites is 2. The number of rotatable bonds is 9. The monoisotopic (exact) mass is 409 g/mol. The summed E-state index contributed by atoms with van der Waals surface area (Å²) in [6.45, 7) is 16.3. The lowest BCUT2D eigenvalue weighted by Gasteiger charge is -2.19. The second kappa shape index (κ2) is 9.52. The SMILES string of the molecule is CCN(CC)CC[n+]1c(N)n(CCOc2ccc(C(C)(C)C)cc2)c2ccccc21. The van der Waals surface area contributed by atoms with Crippen molar-refractivity contribution < 1.29 is 9.30 Å². The van der Waals surface area contributed by atoms with Crippen molar-refractivity contribution in [2.45, 2.75) is 53.1 Å². The van der Waals surface area contributed by atoms with E-state index in [0.717, 1.165) is 43.4 Å². The van der Waals surface area contributed by atoms with Crippen LogP contribution in [0.25, 0.3) is 11.0 Å². The van der Waals surface area contributed by atoms with Crippen LogP contribution >= 0.6 is 0 Å². The molecule has 0 aliphatic rings. The Morgan fingerprint density at radius 1 is 1.00 bits per heavy atom. The van der Waals surface area contributed by atoms with Crippen LogP contribution in [0.1, 0.15) is 40.2 Å². The molecule has 1 aromatic heterocycles. The number of aromatic nitrogens is 2. The summed E-state index contributed by atoms with van der Waals surface area (Å²) in [4.78, 5) is 2.42. The molecule has 3 aromatic rings. The van der Waals surface area contributed by atoms with E-state index in [1.165, 1.54) is 11.1 Å². The maximum atomic E-state index is 6.58. The van der Waals surface area contributed by atoms with Crippen molar-refractivity contribution in [2.75, 3.05) is 32.0 Å². The van der Waals surface area contributed by atoms with Crippen molar-refractivity contribution in [1.82, 2.24) is 9.47 Å². The molecule has 0 fully saturated rings. The Balaban J connectivity index is 1.72. The third-order valence-corrected chi connectivity index (χ3v) is 5.85. The second-order valence-corrected chi connectivity index (χ2v) is 8.80. The highest BCUT2D eigenvalue weighted by Crippen LogP contribution is 2.24. The van der Waals surface area contributed by atoms with Crippen LogP contribution < -0.4 is 15.0 Å². The van der Waals surface area contributed by atoms with E-state index in [0.29, 0.717) is 13.2 Å². The van der Waals surface area contributed by atoms with Crippen molar-refractivity contribution in [3.05, 3.63) is 54.1 Å². The van der Waals surface area contributed by atoms with Crippen molar-refractivity contribution >= 4 is 17.0 Å². The molecule has 0 aliphatic carbocycles. The van der Waals surface area contributed by atoms with Crippen LogP contribution in [0.3, 0.4) is 0 Å². The summed E-state index contributed by atoms with van der Waals surface area (Å²) in [5, 5.41) is 0. The largest absolute Gasteiger partial charge is 0.490 e. The number of likely N-dealkylation sites (N-methyl/N-ethyl adjacent to an activating group) is 1. The summed E-state index contributed by atoms with van der Waals surface area (Å²) in [5.74, 6) is 1.68. The zero-order chi connectivity index (χ0) is 21.7. The van der Waals surface area contributed by atoms with Gasteiger partial charge in [-0.3, -0.25) is 5.73 Å². The molecule has 30 heavy (non-hydrogen) atoms. The summed E-state index contributed by atoms with van der Waals surface area (Å²) >= 11 is 0. The van der Waals surface area contributed by atoms with Gasteiger partial charge in [-0.2, -0.15) is 0 Å². The molecule has 0 aliphatic heterocycles. The fourth-order valence-corrected chi connectivity index (χ4v) is 3.87. The van der Waals surface area contributed by atoms with Gasteiger partial charge in [0.25, 0.3) is 0 Å². The number of hydrogen-bond donors (Lipinski definition) is 1. The van der Waals surface area contributed by atoms with E-state index < -0.39 is 0 Å². The lowest BCUT2D eigenvalue weighted by molar-refractivity contribution is -0.657. The molecule has 0 amide bonds. The third-order valence-electron chi connectivity index (χ3n) is 5.85. The number of anilines is 1. The highest BCUT2D eigenvalue weighted by Gasteiger charge is 2.21. The first-order valence-corrected chi connectivity index (χ1v) is 11.1. The number of nitrogen functional groups attached to an aromatic ring is 1. The van der Waals surface area contributed by atoms with Crippen LogP contribution in [0.15, 0.2) is 48.5 Å². The normalized spacial score (nSPS) is 12.1. The van der Waals surface area contributed by atoms with Crippen molar-refractivity contribution in [3.8, 4) is 5.75 Å². The summed E-state index contributed by atoms with van der Waals surface area (Å²) in [6, 6.07) is 16.8. The summed E-state index contributed by atoms with van der Waals surface area (Å²) < 4.78 is 10.4. The van der Waals surface area contributed by atoms with Crippen LogP contribution in [0.2, 0.25) is 0 Å². The maximum Gasteiger partial charge on any atom is 0.356 e. The Morgan fingerprint density at radius 3 is 2.30 bits per heavy atom. The lowest BCUT2D eigenvalue weighted by Crippen LogP contribution is -2.42. The molecule has 162 valence electrons. The minimum atomic E-state index is 0.149. The number of fused-ring (bicyclic) bond motifs is 1. The van der Waals surface area contributed by atoms with Crippen molar-refractivity contribution in [1.29, 1.82) is 0 Å². The topological polar surface area (TPSA) is 47.3 Å². The smallest absolute Gasteiger partial charge is 0.356 e. The molecule has 0 bridgehead atoms. The van der Waals surface area contributed by atoms with Gasteiger partial charge in [0, 0.05) is 6.54 Å². The number of nitrogens with zero attached hydrogens (tertiary/aromatic N) is 3. The average molecular weight is 410 g/mol. The average Bonchev–Trinajstić information content (AvgIpc) is 3.00. The van der Waals surface area contributed by atoms with E-state index in [9.17, 15) is 0 Å². The molecule has 2 aromatic carbocycles. The van der Waals surface area contributed by atoms with Gasteiger partial charge in [0.15, 0.2) is 0 Å². The minimum Gasteiger partial charge on any atom is -0.490 e. The van der Waals surface area contributed by atoms with Crippen molar-refractivity contribution in [2.24, 2.45) is 0 Å². The first kappa shape index (κ1) is 22.2. The van der Waals surface area contributed by atoms with Gasteiger partial charge in [-0.1, -0.05) is 58.9 Å². The molecule has 1 heterocycles. The number of nitrogens with two attached hydrogens (primary N) is 1. The molecule has 0 unspecified atom stereocenters. The fourth-order valence-electron chi connectivity index (χ4n) is 3.87. The zero-order valence-corrected chi connectivity index (χ0v) is 19.2. The maximum absolute atomic E-state index is 6.58. The zero-order valence-electron chi connectivity index (χ0n) is 19.2. The lowest BCUT2D eigenvalue weighted by atomic mass is 9.87. The molecule has 5 nitrogen and oxygen atoms in total. The van der Waals surface area contributed by atoms with Gasteiger partial charge in [-0.15, -0.1) is 0 Å². The highest BCUT2D eigenvalue weighted by molar-refractivity contribution is 5.73. The third kappa shape index (κ3) is 4.96. The fraction of sp³-hybridized carbons (Fsp3) is 0.480.